The molecule has 5 aromatic rings. The van der Waals surface area contributed by atoms with Crippen LogP contribution in [0.4, 0.5) is 5.95 Å². The molecule has 0 fully saturated rings. The zero-order valence-corrected chi connectivity index (χ0v) is 21.0. The van der Waals surface area contributed by atoms with E-state index in [0.717, 1.165) is 39.2 Å². The lowest BCUT2D eigenvalue weighted by Crippen LogP contribution is -2.20. The highest BCUT2D eigenvalue weighted by atomic mass is 35.5. The van der Waals surface area contributed by atoms with Crippen LogP contribution in [0.1, 0.15) is 23.8 Å². The second kappa shape index (κ2) is 9.59. The van der Waals surface area contributed by atoms with Crippen LogP contribution >= 0.6 is 11.6 Å². The van der Waals surface area contributed by atoms with Gasteiger partial charge in [-0.15, -0.1) is 0 Å². The third kappa shape index (κ3) is 4.27. The summed E-state index contributed by atoms with van der Waals surface area (Å²) in [4.78, 5) is 9.90. The summed E-state index contributed by atoms with van der Waals surface area (Å²) in [6.45, 7) is 0. The van der Waals surface area contributed by atoms with Crippen molar-refractivity contribution >= 4 is 34.2 Å². The molecular weight excluding hydrogens is 488 g/mol. The van der Waals surface area contributed by atoms with E-state index in [1.807, 2.05) is 83.9 Å². The Hall–Kier alpha value is -4.36. The van der Waals surface area contributed by atoms with Crippen molar-refractivity contribution < 1.29 is 13.9 Å². The first kappa shape index (κ1) is 23.1. The van der Waals surface area contributed by atoms with Crippen LogP contribution in [0.25, 0.3) is 22.2 Å². The predicted molar refractivity (Wildman–Crippen MR) is 145 cm³/mol. The summed E-state index contributed by atoms with van der Waals surface area (Å²) in [6.07, 6.45) is 2.27. The lowest BCUT2D eigenvalue weighted by atomic mass is 10.0. The Morgan fingerprint density at radius 1 is 0.865 bits per heavy atom. The van der Waals surface area contributed by atoms with E-state index in [1.165, 1.54) is 0 Å². The van der Waals surface area contributed by atoms with Crippen LogP contribution in [0.3, 0.4) is 0 Å². The number of fused-ring (bicyclic) bond motifs is 1. The lowest BCUT2D eigenvalue weighted by Gasteiger charge is -2.21. The maximum Gasteiger partial charge on any atom is 0.248 e. The van der Waals surface area contributed by atoms with E-state index < -0.39 is 0 Å². The Morgan fingerprint density at radius 2 is 1.70 bits per heavy atom. The van der Waals surface area contributed by atoms with Crippen molar-refractivity contribution in [1.82, 2.24) is 9.97 Å². The molecule has 0 saturated carbocycles. The Balaban J connectivity index is 1.51. The average Bonchev–Trinajstić information content (AvgIpc) is 3.63. The largest absolute Gasteiger partial charge is 0.493 e. The van der Waals surface area contributed by atoms with Gasteiger partial charge in [0.05, 0.1) is 37.4 Å². The molecular formula is C29H23ClN4O3. The second-order valence-corrected chi connectivity index (χ2v) is 9.03. The van der Waals surface area contributed by atoms with E-state index in [2.05, 4.69) is 0 Å². The first-order chi connectivity index (χ1) is 18.1. The molecule has 184 valence electrons. The van der Waals surface area contributed by atoms with Crippen LogP contribution in [0.2, 0.25) is 5.02 Å². The number of methoxy groups -OCH3 is 2. The third-order valence-electron chi connectivity index (χ3n) is 6.40. The van der Waals surface area contributed by atoms with Crippen LogP contribution in [-0.4, -0.2) is 29.9 Å². The van der Waals surface area contributed by atoms with Crippen molar-refractivity contribution in [3.63, 3.8) is 0 Å². The van der Waals surface area contributed by atoms with Gasteiger partial charge in [0, 0.05) is 28.0 Å². The molecule has 0 amide bonds. The first-order valence-electron chi connectivity index (χ1n) is 11.8. The second-order valence-electron chi connectivity index (χ2n) is 8.60. The van der Waals surface area contributed by atoms with E-state index in [-0.39, 0.29) is 6.04 Å². The molecule has 2 aromatic heterocycles. The van der Waals surface area contributed by atoms with Gasteiger partial charge in [-0.3, -0.25) is 0 Å². The van der Waals surface area contributed by atoms with Crippen LogP contribution in [0.15, 0.2) is 94.6 Å². The van der Waals surface area contributed by atoms with Crippen molar-refractivity contribution in [2.45, 2.75) is 12.5 Å². The smallest absolute Gasteiger partial charge is 0.248 e. The minimum atomic E-state index is -0.216. The Kier molecular flexibility index (Phi) is 5.98. The highest BCUT2D eigenvalue weighted by Gasteiger charge is 2.34. The molecule has 1 unspecified atom stereocenters. The monoisotopic (exact) mass is 510 g/mol. The highest BCUT2D eigenvalue weighted by Crippen LogP contribution is 2.39. The predicted octanol–water partition coefficient (Wildman–Crippen LogP) is 6.92. The number of hydrazone groups is 1. The van der Waals surface area contributed by atoms with E-state index in [1.54, 1.807) is 20.5 Å². The number of furan rings is 1. The van der Waals surface area contributed by atoms with Crippen LogP contribution in [0.5, 0.6) is 11.5 Å². The SMILES string of the molecule is COc1ccc(C2=NN(c3nc(-c4ccccc4)c4cc(Cl)ccc4n3)C(c3ccco3)C2)cc1OC. The molecule has 0 bridgehead atoms. The fraction of sp³-hybridized carbons (Fsp3) is 0.138. The fourth-order valence-electron chi connectivity index (χ4n) is 4.59. The topological polar surface area (TPSA) is 73.0 Å². The van der Waals surface area contributed by atoms with Crippen molar-refractivity contribution in [2.24, 2.45) is 5.10 Å². The third-order valence-corrected chi connectivity index (χ3v) is 6.63. The molecule has 1 aliphatic heterocycles. The Bertz CT molecular complexity index is 1600. The standard InChI is InChI=1S/C29H23ClN4O3/c1-35-26-13-10-19(15-27(26)36-2)23-17-24(25-9-6-14-37-25)34(33-23)29-31-22-12-11-20(30)16-21(22)28(32-29)18-7-4-3-5-8-18/h3-16,24H,17H2,1-2H3. The quantitative estimate of drug-likeness (QED) is 0.247. The van der Waals surface area contributed by atoms with Gasteiger partial charge in [-0.05, 0) is 48.5 Å². The van der Waals surface area contributed by atoms with Gasteiger partial charge < -0.3 is 13.9 Å². The molecule has 0 aliphatic carbocycles. The van der Waals surface area contributed by atoms with Gasteiger partial charge in [0.2, 0.25) is 5.95 Å². The minimum absolute atomic E-state index is 0.216. The van der Waals surface area contributed by atoms with Crippen molar-refractivity contribution in [2.75, 3.05) is 19.2 Å². The highest BCUT2D eigenvalue weighted by molar-refractivity contribution is 6.31. The normalized spacial score (nSPS) is 15.2. The maximum atomic E-state index is 6.35. The molecule has 0 spiro atoms. The van der Waals surface area contributed by atoms with E-state index in [4.69, 9.17) is 40.6 Å². The summed E-state index contributed by atoms with van der Waals surface area (Å²) >= 11 is 6.35. The van der Waals surface area contributed by atoms with Gasteiger partial charge in [-0.1, -0.05) is 41.9 Å². The van der Waals surface area contributed by atoms with E-state index in [9.17, 15) is 0 Å². The van der Waals surface area contributed by atoms with Crippen LogP contribution in [0, 0.1) is 0 Å². The number of nitrogens with zero attached hydrogens (tertiary/aromatic N) is 4. The molecule has 1 atom stereocenters. The van der Waals surface area contributed by atoms with Gasteiger partial charge in [-0.2, -0.15) is 5.10 Å². The van der Waals surface area contributed by atoms with E-state index >= 15 is 0 Å². The summed E-state index contributed by atoms with van der Waals surface area (Å²) in [5.41, 5.74) is 4.32. The van der Waals surface area contributed by atoms with Gasteiger partial charge in [0.1, 0.15) is 11.8 Å². The summed E-state index contributed by atoms with van der Waals surface area (Å²) in [5.74, 6) is 2.56. The van der Waals surface area contributed by atoms with Gasteiger partial charge >= 0.3 is 0 Å². The van der Waals surface area contributed by atoms with Gasteiger partial charge in [0.25, 0.3) is 0 Å². The molecule has 0 radical (unpaired) electrons. The molecule has 6 rings (SSSR count). The Labute approximate surface area is 218 Å². The summed E-state index contributed by atoms with van der Waals surface area (Å²) < 4.78 is 16.8. The van der Waals surface area contributed by atoms with Crippen LogP contribution < -0.4 is 14.5 Å². The summed E-state index contributed by atoms with van der Waals surface area (Å²) in [6, 6.07) is 25.0. The molecule has 37 heavy (non-hydrogen) atoms. The minimum Gasteiger partial charge on any atom is -0.493 e. The zero-order chi connectivity index (χ0) is 25.4. The van der Waals surface area contributed by atoms with Crippen molar-refractivity contribution in [3.05, 3.63) is 101 Å². The molecule has 1 aliphatic rings. The summed E-state index contributed by atoms with van der Waals surface area (Å²) in [7, 11) is 3.24. The molecule has 3 heterocycles. The van der Waals surface area contributed by atoms with Crippen molar-refractivity contribution in [1.29, 1.82) is 0 Å². The number of rotatable bonds is 6. The van der Waals surface area contributed by atoms with E-state index in [0.29, 0.717) is 28.9 Å². The first-order valence-corrected chi connectivity index (χ1v) is 12.2. The molecule has 3 aromatic carbocycles. The number of halogens is 1. The number of anilines is 1. The molecule has 8 heteroatoms. The fourth-order valence-corrected chi connectivity index (χ4v) is 4.77. The zero-order valence-electron chi connectivity index (χ0n) is 20.3. The average molecular weight is 511 g/mol. The number of hydrogen-bond donors (Lipinski definition) is 0. The molecule has 0 N–H and O–H groups in total. The lowest BCUT2D eigenvalue weighted by molar-refractivity contribution is 0.355. The number of ether oxygens (including phenoxy) is 2. The van der Waals surface area contributed by atoms with Gasteiger partial charge in [-0.25, -0.2) is 15.0 Å². The molecule has 0 saturated heterocycles. The molecule has 7 nitrogen and oxygen atoms in total. The number of benzene rings is 3. The van der Waals surface area contributed by atoms with Crippen molar-refractivity contribution in [3.8, 4) is 22.8 Å². The maximum absolute atomic E-state index is 6.35. The van der Waals surface area contributed by atoms with Gasteiger partial charge in [0.15, 0.2) is 11.5 Å². The summed E-state index contributed by atoms with van der Waals surface area (Å²) in [5, 5.41) is 8.34. The number of aromatic nitrogens is 2. The Morgan fingerprint density at radius 3 is 2.46 bits per heavy atom. The van der Waals surface area contributed by atoms with Crippen LogP contribution in [-0.2, 0) is 0 Å². The number of hydrogen-bond acceptors (Lipinski definition) is 7.